The van der Waals surface area contributed by atoms with Crippen LogP contribution in [0, 0.1) is 0 Å². The number of carbonyl (C=O) groups excluding carboxylic acids is 2. The molecule has 1 saturated carbocycles. The fourth-order valence-electron chi connectivity index (χ4n) is 2.67. The number of amides is 2. The summed E-state index contributed by atoms with van der Waals surface area (Å²) in [6.45, 7) is 5.13. The highest BCUT2D eigenvalue weighted by molar-refractivity contribution is 5.91. The number of alkyl carbamates (subject to hydrolysis) is 2. The normalized spacial score (nSPS) is 15.8. The number of carboxylic acids is 1. The molecular formula is C20H26N2O6. The van der Waals surface area contributed by atoms with E-state index in [4.69, 9.17) is 9.47 Å². The lowest BCUT2D eigenvalue weighted by atomic mass is 9.76. The molecule has 1 aliphatic rings. The summed E-state index contributed by atoms with van der Waals surface area (Å²) in [6.07, 6.45) is 1.71. The molecule has 0 aromatic heterocycles. The van der Waals surface area contributed by atoms with Crippen LogP contribution >= 0.6 is 0 Å². The average Bonchev–Trinajstić information content (AvgIpc) is 2.56. The molecule has 8 heteroatoms. The molecule has 1 fully saturated rings. The summed E-state index contributed by atoms with van der Waals surface area (Å²) in [7, 11) is 0. The van der Waals surface area contributed by atoms with Gasteiger partial charge in [0.05, 0.1) is 5.54 Å². The second-order valence-electron chi connectivity index (χ2n) is 7.69. The van der Waals surface area contributed by atoms with Gasteiger partial charge in [-0.3, -0.25) is 5.32 Å². The van der Waals surface area contributed by atoms with Gasteiger partial charge in [0.15, 0.2) is 0 Å². The highest BCUT2D eigenvalue weighted by Gasteiger charge is 2.38. The smallest absolute Gasteiger partial charge is 0.412 e. The Hall–Kier alpha value is -3.03. The van der Waals surface area contributed by atoms with E-state index in [9.17, 15) is 19.5 Å². The fraction of sp³-hybridized carbons (Fsp3) is 0.450. The van der Waals surface area contributed by atoms with E-state index in [1.54, 1.807) is 20.8 Å². The van der Waals surface area contributed by atoms with E-state index < -0.39 is 29.3 Å². The van der Waals surface area contributed by atoms with Gasteiger partial charge in [-0.05, 0) is 51.7 Å². The maximum Gasteiger partial charge on any atom is 0.412 e. The second-order valence-corrected chi connectivity index (χ2v) is 7.69. The van der Waals surface area contributed by atoms with Crippen molar-refractivity contribution in [2.75, 3.05) is 0 Å². The maximum atomic E-state index is 12.2. The van der Waals surface area contributed by atoms with Crippen LogP contribution in [0.1, 0.15) is 45.6 Å². The van der Waals surface area contributed by atoms with Crippen molar-refractivity contribution in [1.82, 2.24) is 10.6 Å². The Bertz CT molecular complexity index is 748. The number of nitrogens with one attached hydrogen (secondary N) is 2. The van der Waals surface area contributed by atoms with Crippen LogP contribution in [0.3, 0.4) is 0 Å². The Balaban J connectivity index is 2.02. The zero-order valence-electron chi connectivity index (χ0n) is 16.3. The van der Waals surface area contributed by atoms with Crippen LogP contribution in [0.25, 0.3) is 0 Å². The van der Waals surface area contributed by atoms with Crippen LogP contribution in [0.4, 0.5) is 9.59 Å². The first kappa shape index (κ1) is 21.3. The summed E-state index contributed by atoms with van der Waals surface area (Å²) in [5.74, 6) is -1.32. The minimum atomic E-state index is -1.32. The topological polar surface area (TPSA) is 114 Å². The molecule has 152 valence electrons. The van der Waals surface area contributed by atoms with Gasteiger partial charge in [-0.1, -0.05) is 30.3 Å². The lowest BCUT2D eigenvalue weighted by molar-refractivity contribution is -0.133. The molecule has 3 N–H and O–H groups in total. The van der Waals surface area contributed by atoms with Crippen molar-refractivity contribution in [2.24, 2.45) is 0 Å². The van der Waals surface area contributed by atoms with E-state index in [-0.39, 0.29) is 12.3 Å². The molecule has 1 aliphatic carbocycles. The first-order chi connectivity index (χ1) is 13.1. The molecule has 8 nitrogen and oxygen atoms in total. The molecule has 0 radical (unpaired) electrons. The van der Waals surface area contributed by atoms with Crippen molar-refractivity contribution in [1.29, 1.82) is 0 Å². The van der Waals surface area contributed by atoms with Gasteiger partial charge < -0.3 is 19.9 Å². The second kappa shape index (κ2) is 8.77. The van der Waals surface area contributed by atoms with Gasteiger partial charge in [0.1, 0.15) is 17.9 Å². The van der Waals surface area contributed by atoms with Gasteiger partial charge in [0.25, 0.3) is 0 Å². The molecule has 0 atom stereocenters. The average molecular weight is 390 g/mol. The molecule has 1 aromatic carbocycles. The predicted molar refractivity (Wildman–Crippen MR) is 101 cm³/mol. The van der Waals surface area contributed by atoms with E-state index in [0.717, 1.165) is 12.0 Å². The Morgan fingerprint density at radius 2 is 1.79 bits per heavy atom. The summed E-state index contributed by atoms with van der Waals surface area (Å²) in [5, 5.41) is 14.4. The number of carboxylic acid groups (broad SMARTS) is 1. The lowest BCUT2D eigenvalue weighted by Gasteiger charge is -2.39. The van der Waals surface area contributed by atoms with Crippen LogP contribution in [-0.2, 0) is 20.9 Å². The summed E-state index contributed by atoms with van der Waals surface area (Å²) in [6, 6.07) is 9.21. The minimum Gasteiger partial charge on any atom is -0.477 e. The van der Waals surface area contributed by atoms with Gasteiger partial charge in [-0.25, -0.2) is 14.4 Å². The van der Waals surface area contributed by atoms with Crippen LogP contribution in [0.15, 0.2) is 42.1 Å². The Morgan fingerprint density at radius 1 is 1.14 bits per heavy atom. The largest absolute Gasteiger partial charge is 0.477 e. The van der Waals surface area contributed by atoms with E-state index in [1.165, 1.54) is 6.08 Å². The lowest BCUT2D eigenvalue weighted by Crippen LogP contribution is -2.53. The van der Waals surface area contributed by atoms with Gasteiger partial charge in [-0.15, -0.1) is 0 Å². The summed E-state index contributed by atoms with van der Waals surface area (Å²) < 4.78 is 10.3. The molecular weight excluding hydrogens is 364 g/mol. The van der Waals surface area contributed by atoms with Crippen LogP contribution in [-0.4, -0.2) is 34.4 Å². The van der Waals surface area contributed by atoms with Gasteiger partial charge in [-0.2, -0.15) is 0 Å². The monoisotopic (exact) mass is 390 g/mol. The van der Waals surface area contributed by atoms with E-state index in [0.29, 0.717) is 12.8 Å². The first-order valence-corrected chi connectivity index (χ1v) is 9.04. The van der Waals surface area contributed by atoms with Gasteiger partial charge in [0, 0.05) is 0 Å². The molecule has 2 rings (SSSR count). The van der Waals surface area contributed by atoms with Gasteiger partial charge in [0.2, 0.25) is 0 Å². The van der Waals surface area contributed by atoms with Crippen molar-refractivity contribution < 1.29 is 29.0 Å². The zero-order valence-corrected chi connectivity index (χ0v) is 16.3. The highest BCUT2D eigenvalue weighted by Crippen LogP contribution is 2.34. The van der Waals surface area contributed by atoms with Crippen molar-refractivity contribution >= 4 is 18.2 Å². The zero-order chi connectivity index (χ0) is 20.8. The minimum absolute atomic E-state index is 0.106. The third kappa shape index (κ3) is 6.61. The number of benzene rings is 1. The summed E-state index contributed by atoms with van der Waals surface area (Å²) in [5.41, 5.74) is -1.15. The molecule has 0 spiro atoms. The van der Waals surface area contributed by atoms with E-state index in [2.05, 4.69) is 10.6 Å². The molecule has 0 heterocycles. The first-order valence-electron chi connectivity index (χ1n) is 9.04. The molecule has 0 aliphatic heterocycles. The molecule has 28 heavy (non-hydrogen) atoms. The Kier molecular flexibility index (Phi) is 6.66. The number of hydrogen-bond acceptors (Lipinski definition) is 5. The molecule has 1 aromatic rings. The molecule has 0 unspecified atom stereocenters. The number of ether oxygens (including phenoxy) is 2. The number of rotatable bonds is 6. The maximum absolute atomic E-state index is 12.2. The third-order valence-corrected chi connectivity index (χ3v) is 4.10. The van der Waals surface area contributed by atoms with E-state index >= 15 is 0 Å². The SMILES string of the molecule is CC(C)(C)OC(=O)N/C(=C\C1(NC(=O)OCc2ccccc2)CCC1)C(=O)O. The Labute approximate surface area is 163 Å². The number of carbonyl (C=O) groups is 3. The number of hydrogen-bond donors (Lipinski definition) is 3. The predicted octanol–water partition coefficient (Wildman–Crippen LogP) is 3.33. The standard InChI is InChI=1S/C20H26N2O6/c1-19(2,3)28-17(25)21-15(16(23)24)12-20(10-7-11-20)22-18(26)27-13-14-8-5-4-6-9-14/h4-6,8-9,12H,7,10-11,13H2,1-3H3,(H,21,25)(H,22,26)(H,23,24)/b15-12-. The van der Waals surface area contributed by atoms with E-state index in [1.807, 2.05) is 30.3 Å². The van der Waals surface area contributed by atoms with Crippen LogP contribution in [0.2, 0.25) is 0 Å². The van der Waals surface area contributed by atoms with Crippen LogP contribution in [0.5, 0.6) is 0 Å². The van der Waals surface area contributed by atoms with Crippen molar-refractivity contribution in [3.8, 4) is 0 Å². The molecule has 0 bridgehead atoms. The number of aliphatic carboxylic acids is 1. The summed E-state index contributed by atoms with van der Waals surface area (Å²) >= 11 is 0. The van der Waals surface area contributed by atoms with Crippen LogP contribution < -0.4 is 10.6 Å². The van der Waals surface area contributed by atoms with Crippen molar-refractivity contribution in [3.05, 3.63) is 47.7 Å². The summed E-state index contributed by atoms with van der Waals surface area (Å²) in [4.78, 5) is 35.6. The Morgan fingerprint density at radius 3 is 2.29 bits per heavy atom. The van der Waals surface area contributed by atoms with Crippen molar-refractivity contribution in [2.45, 2.75) is 57.8 Å². The fourth-order valence-corrected chi connectivity index (χ4v) is 2.67. The molecule has 0 saturated heterocycles. The van der Waals surface area contributed by atoms with Gasteiger partial charge >= 0.3 is 18.2 Å². The quantitative estimate of drug-likeness (QED) is 0.642. The third-order valence-electron chi connectivity index (χ3n) is 4.10. The molecule has 2 amide bonds. The highest BCUT2D eigenvalue weighted by atomic mass is 16.6. The van der Waals surface area contributed by atoms with Crippen molar-refractivity contribution in [3.63, 3.8) is 0 Å².